The van der Waals surface area contributed by atoms with Crippen LogP contribution >= 0.6 is 0 Å². The predicted octanol–water partition coefficient (Wildman–Crippen LogP) is 3.18. The Morgan fingerprint density at radius 1 is 1.22 bits per heavy atom. The topological polar surface area (TPSA) is 93.5 Å². The summed E-state index contributed by atoms with van der Waals surface area (Å²) in [5.74, 6) is -0.344. The van der Waals surface area contributed by atoms with Gasteiger partial charge in [0.05, 0.1) is 24.0 Å². The van der Waals surface area contributed by atoms with Crippen LogP contribution in [0.3, 0.4) is 0 Å². The molecule has 8 nitrogen and oxygen atoms in total. The molecule has 2 amide bonds. The number of ether oxygens (including phenoxy) is 1. The lowest BCUT2D eigenvalue weighted by Crippen LogP contribution is -2.49. The van der Waals surface area contributed by atoms with Crippen LogP contribution < -0.4 is 10.9 Å². The van der Waals surface area contributed by atoms with Gasteiger partial charge in [0.2, 0.25) is 5.91 Å². The quantitative estimate of drug-likeness (QED) is 0.768. The number of hydrogen-bond acceptors (Lipinski definition) is 5. The molecule has 2 aromatic rings. The standard InChI is InChI=1S/C24H34N4O4/c1-15(2)20-19(11-12-27(20)23(31)32-24(4,5)6)21(29)26-16(3)14-28-22(30)18-10-8-7-9-17(18)13-25-28/h7-10,13,15-16,19-20H,11-12,14H2,1-6H3,(H,26,29)/t16-,19-,20+/m1/s1. The van der Waals surface area contributed by atoms with E-state index in [0.29, 0.717) is 18.4 Å². The maximum atomic E-state index is 13.1. The van der Waals surface area contributed by atoms with Gasteiger partial charge in [0.1, 0.15) is 5.60 Å². The number of carbonyl (C=O) groups is 2. The number of rotatable bonds is 5. The number of nitrogens with zero attached hydrogens (tertiary/aromatic N) is 3. The first kappa shape index (κ1) is 23.8. The SMILES string of the molecule is CC(C)[C@H]1[C@H](C(=O)N[C@H](C)Cn2ncc3ccccc3c2=O)CCN1C(=O)OC(C)(C)C. The minimum Gasteiger partial charge on any atom is -0.444 e. The highest BCUT2D eigenvalue weighted by Gasteiger charge is 2.44. The Balaban J connectivity index is 1.69. The molecule has 0 saturated carbocycles. The van der Waals surface area contributed by atoms with Gasteiger partial charge in [-0.1, -0.05) is 32.0 Å². The summed E-state index contributed by atoms with van der Waals surface area (Å²) in [7, 11) is 0. The van der Waals surface area contributed by atoms with Crippen molar-refractivity contribution in [2.24, 2.45) is 11.8 Å². The van der Waals surface area contributed by atoms with Gasteiger partial charge in [0.15, 0.2) is 0 Å². The van der Waals surface area contributed by atoms with Crippen LogP contribution in [-0.4, -0.2) is 50.9 Å². The molecule has 174 valence electrons. The Kier molecular flexibility index (Phi) is 6.91. The molecular formula is C24H34N4O4. The van der Waals surface area contributed by atoms with E-state index < -0.39 is 5.60 Å². The molecule has 1 N–H and O–H groups in total. The Morgan fingerprint density at radius 3 is 2.56 bits per heavy atom. The number of benzene rings is 1. The molecule has 0 radical (unpaired) electrons. The molecule has 8 heteroatoms. The largest absolute Gasteiger partial charge is 0.444 e. The van der Waals surface area contributed by atoms with Crippen LogP contribution in [0, 0.1) is 11.8 Å². The molecule has 0 aliphatic carbocycles. The molecule has 0 unspecified atom stereocenters. The first-order valence-corrected chi connectivity index (χ1v) is 11.2. The van der Waals surface area contributed by atoms with E-state index in [1.165, 1.54) is 4.68 Å². The zero-order valence-corrected chi connectivity index (χ0v) is 19.8. The van der Waals surface area contributed by atoms with Crippen LogP contribution in [0.4, 0.5) is 4.79 Å². The van der Waals surface area contributed by atoms with Gasteiger partial charge < -0.3 is 15.0 Å². The summed E-state index contributed by atoms with van der Waals surface area (Å²) >= 11 is 0. The van der Waals surface area contributed by atoms with Gasteiger partial charge in [-0.05, 0) is 46.1 Å². The normalized spacial score (nSPS) is 19.9. The maximum absolute atomic E-state index is 13.1. The molecule has 1 aliphatic rings. The van der Waals surface area contributed by atoms with Crippen molar-refractivity contribution in [3.63, 3.8) is 0 Å². The first-order chi connectivity index (χ1) is 15.0. The second-order valence-corrected chi connectivity index (χ2v) is 9.93. The molecule has 1 aromatic carbocycles. The highest BCUT2D eigenvalue weighted by atomic mass is 16.6. The molecule has 1 saturated heterocycles. The lowest BCUT2D eigenvalue weighted by Gasteiger charge is -2.33. The molecular weight excluding hydrogens is 408 g/mol. The predicted molar refractivity (Wildman–Crippen MR) is 123 cm³/mol. The van der Waals surface area contributed by atoms with Crippen LogP contribution in [0.15, 0.2) is 35.3 Å². The molecule has 32 heavy (non-hydrogen) atoms. The minimum atomic E-state index is -0.590. The van der Waals surface area contributed by atoms with Gasteiger partial charge >= 0.3 is 6.09 Å². The fourth-order valence-electron chi connectivity index (χ4n) is 4.37. The van der Waals surface area contributed by atoms with Crippen molar-refractivity contribution in [1.29, 1.82) is 0 Å². The van der Waals surface area contributed by atoms with Crippen molar-refractivity contribution in [1.82, 2.24) is 20.0 Å². The summed E-state index contributed by atoms with van der Waals surface area (Å²) in [4.78, 5) is 40.2. The second-order valence-electron chi connectivity index (χ2n) is 9.93. The van der Waals surface area contributed by atoms with E-state index in [2.05, 4.69) is 10.4 Å². The van der Waals surface area contributed by atoms with Gasteiger partial charge in [-0.15, -0.1) is 0 Å². The third-order valence-electron chi connectivity index (χ3n) is 5.70. The molecule has 2 heterocycles. The average molecular weight is 443 g/mol. The summed E-state index contributed by atoms with van der Waals surface area (Å²) in [6.45, 7) is 12.1. The average Bonchev–Trinajstić information content (AvgIpc) is 3.15. The second kappa shape index (κ2) is 9.30. The van der Waals surface area contributed by atoms with Gasteiger partial charge in [0, 0.05) is 24.0 Å². The van der Waals surface area contributed by atoms with Gasteiger partial charge in [-0.25, -0.2) is 9.48 Å². The molecule has 1 aliphatic heterocycles. The molecule has 0 spiro atoms. The number of carbonyl (C=O) groups excluding carboxylic acids is 2. The summed E-state index contributed by atoms with van der Waals surface area (Å²) < 4.78 is 6.93. The van der Waals surface area contributed by atoms with Crippen molar-refractivity contribution < 1.29 is 14.3 Å². The number of likely N-dealkylation sites (tertiary alicyclic amines) is 1. The summed E-state index contributed by atoms with van der Waals surface area (Å²) in [6.07, 6.45) is 1.86. The zero-order chi connectivity index (χ0) is 23.6. The number of hydrogen-bond donors (Lipinski definition) is 1. The Morgan fingerprint density at radius 2 is 1.91 bits per heavy atom. The highest BCUT2D eigenvalue weighted by molar-refractivity contribution is 5.82. The van der Waals surface area contributed by atoms with Crippen LogP contribution in [0.2, 0.25) is 0 Å². The highest BCUT2D eigenvalue weighted by Crippen LogP contribution is 2.31. The molecule has 3 atom stereocenters. The maximum Gasteiger partial charge on any atom is 0.410 e. The number of aromatic nitrogens is 2. The van der Waals surface area contributed by atoms with E-state index in [0.717, 1.165) is 5.39 Å². The third kappa shape index (κ3) is 5.29. The van der Waals surface area contributed by atoms with E-state index in [9.17, 15) is 14.4 Å². The van der Waals surface area contributed by atoms with E-state index in [1.54, 1.807) is 17.2 Å². The zero-order valence-electron chi connectivity index (χ0n) is 19.8. The van der Waals surface area contributed by atoms with Gasteiger partial charge in [-0.3, -0.25) is 9.59 Å². The monoisotopic (exact) mass is 442 g/mol. The first-order valence-electron chi connectivity index (χ1n) is 11.2. The van der Waals surface area contributed by atoms with Crippen molar-refractivity contribution in [3.8, 4) is 0 Å². The molecule has 1 aromatic heterocycles. The minimum absolute atomic E-state index is 0.0980. The Labute approximate surface area is 188 Å². The lowest BCUT2D eigenvalue weighted by molar-refractivity contribution is -0.126. The number of nitrogens with one attached hydrogen (secondary N) is 1. The fraction of sp³-hybridized carbons (Fsp3) is 0.583. The van der Waals surface area contributed by atoms with Crippen LogP contribution in [0.25, 0.3) is 10.8 Å². The summed E-state index contributed by atoms with van der Waals surface area (Å²) in [5.41, 5.74) is -0.769. The number of amides is 2. The van der Waals surface area contributed by atoms with Crippen molar-refractivity contribution in [2.45, 2.75) is 72.2 Å². The Bertz CT molecular complexity index is 1040. The fourth-order valence-corrected chi connectivity index (χ4v) is 4.37. The molecule has 3 rings (SSSR count). The van der Waals surface area contributed by atoms with E-state index in [4.69, 9.17) is 4.74 Å². The van der Waals surface area contributed by atoms with E-state index in [-0.39, 0.29) is 48.0 Å². The molecule has 1 fully saturated rings. The lowest BCUT2D eigenvalue weighted by atomic mass is 9.90. The van der Waals surface area contributed by atoms with Crippen molar-refractivity contribution >= 4 is 22.8 Å². The smallest absolute Gasteiger partial charge is 0.410 e. The van der Waals surface area contributed by atoms with Crippen LogP contribution in [0.5, 0.6) is 0 Å². The third-order valence-corrected chi connectivity index (χ3v) is 5.70. The van der Waals surface area contributed by atoms with Crippen LogP contribution in [0.1, 0.15) is 48.0 Å². The van der Waals surface area contributed by atoms with E-state index in [1.807, 2.05) is 59.7 Å². The van der Waals surface area contributed by atoms with Crippen molar-refractivity contribution in [3.05, 3.63) is 40.8 Å². The van der Waals surface area contributed by atoms with E-state index >= 15 is 0 Å². The molecule has 0 bridgehead atoms. The Hall–Kier alpha value is -2.90. The van der Waals surface area contributed by atoms with Gasteiger partial charge in [-0.2, -0.15) is 5.10 Å². The van der Waals surface area contributed by atoms with Gasteiger partial charge in [0.25, 0.3) is 5.56 Å². The summed E-state index contributed by atoms with van der Waals surface area (Å²) in [5, 5.41) is 8.66. The van der Waals surface area contributed by atoms with Crippen molar-refractivity contribution in [2.75, 3.05) is 6.54 Å². The summed E-state index contributed by atoms with van der Waals surface area (Å²) in [6, 6.07) is 6.78. The number of fused-ring (bicyclic) bond motifs is 1. The van der Waals surface area contributed by atoms with Crippen LogP contribution in [-0.2, 0) is 16.1 Å².